The van der Waals surface area contributed by atoms with Crippen molar-refractivity contribution in [2.75, 3.05) is 6.61 Å². The average Bonchev–Trinajstić information content (AvgIpc) is 2.72. The molecule has 4 atom stereocenters. The molecule has 1 aliphatic heterocycles. The number of rotatable bonds is 12. The number of esters is 1. The van der Waals surface area contributed by atoms with E-state index in [1.54, 1.807) is 0 Å². The summed E-state index contributed by atoms with van der Waals surface area (Å²) in [6.45, 7) is 28.2. The first-order valence-electron chi connectivity index (χ1n) is 13.8. The van der Waals surface area contributed by atoms with Crippen molar-refractivity contribution in [2.45, 2.75) is 150 Å². The predicted molar refractivity (Wildman–Crippen MR) is 148 cm³/mol. The highest BCUT2D eigenvalue weighted by molar-refractivity contribution is 6.74. The van der Waals surface area contributed by atoms with Crippen LogP contribution < -0.4 is 0 Å². The fraction of sp³-hybridized carbons (Fsp3) is 0.897. The molecule has 0 N–H and O–H groups in total. The minimum absolute atomic E-state index is 0.169. The van der Waals surface area contributed by atoms with Crippen LogP contribution in [0.2, 0.25) is 18.1 Å². The molecule has 1 fully saturated rings. The van der Waals surface area contributed by atoms with E-state index in [9.17, 15) is 4.79 Å². The summed E-state index contributed by atoms with van der Waals surface area (Å²) >= 11 is 0. The Morgan fingerprint density at radius 3 is 2.20 bits per heavy atom. The molecule has 0 aliphatic carbocycles. The lowest BCUT2D eigenvalue weighted by atomic mass is 9.72. The highest BCUT2D eigenvalue weighted by Crippen LogP contribution is 2.46. The first-order valence-corrected chi connectivity index (χ1v) is 16.7. The molecular formula is C29H56O5Si. The molecule has 0 aromatic carbocycles. The molecule has 1 aliphatic rings. The zero-order valence-corrected chi connectivity index (χ0v) is 26.2. The van der Waals surface area contributed by atoms with Gasteiger partial charge in [-0.3, -0.25) is 4.79 Å². The summed E-state index contributed by atoms with van der Waals surface area (Å²) < 4.78 is 25.0. The molecule has 35 heavy (non-hydrogen) atoms. The van der Waals surface area contributed by atoms with Crippen molar-refractivity contribution in [3.8, 4) is 0 Å². The fourth-order valence-electron chi connectivity index (χ4n) is 4.76. The molecule has 0 bridgehead atoms. The molecule has 0 radical (unpaired) electrons. The van der Waals surface area contributed by atoms with Crippen LogP contribution >= 0.6 is 0 Å². The minimum Gasteiger partial charge on any atom is -0.466 e. The van der Waals surface area contributed by atoms with Gasteiger partial charge in [0.15, 0.2) is 14.1 Å². The Morgan fingerprint density at radius 2 is 1.69 bits per heavy atom. The molecule has 0 aromatic heterocycles. The van der Waals surface area contributed by atoms with E-state index in [-0.39, 0.29) is 35.2 Å². The van der Waals surface area contributed by atoms with Gasteiger partial charge in [-0.2, -0.15) is 0 Å². The lowest BCUT2D eigenvalue weighted by Gasteiger charge is -2.52. The van der Waals surface area contributed by atoms with Crippen molar-refractivity contribution < 1.29 is 23.4 Å². The third-order valence-electron chi connectivity index (χ3n) is 7.85. The largest absolute Gasteiger partial charge is 0.466 e. The van der Waals surface area contributed by atoms with E-state index in [0.717, 1.165) is 12.8 Å². The van der Waals surface area contributed by atoms with Crippen molar-refractivity contribution in [3.05, 3.63) is 11.6 Å². The standard InChI is InChI=1S/C29H56O5Si/c1-14-16-17-18-23(34-35(12,13)27(5,6)7)20-19-21(3)24-28(8,9)25(33-29(10,11)32-24)22(4)26(30)31-15-2/h19,22-25H,14-18,20H2,1-13H3/b21-19+/t22-,23-,24-,25+/m1/s1. The van der Waals surface area contributed by atoms with Gasteiger partial charge in [-0.1, -0.05) is 66.9 Å². The first-order chi connectivity index (χ1) is 15.9. The molecule has 1 heterocycles. The molecule has 0 unspecified atom stereocenters. The van der Waals surface area contributed by atoms with Gasteiger partial charge in [0.25, 0.3) is 0 Å². The van der Waals surface area contributed by atoms with Crippen molar-refractivity contribution in [1.82, 2.24) is 0 Å². The second kappa shape index (κ2) is 12.7. The van der Waals surface area contributed by atoms with Crippen molar-refractivity contribution >= 4 is 14.3 Å². The third-order valence-corrected chi connectivity index (χ3v) is 12.4. The normalized spacial score (nSPS) is 24.7. The first kappa shape index (κ1) is 32.3. The molecule has 206 valence electrons. The molecule has 1 rings (SSSR count). The van der Waals surface area contributed by atoms with E-state index in [2.05, 4.69) is 67.6 Å². The molecule has 5 nitrogen and oxygen atoms in total. The summed E-state index contributed by atoms with van der Waals surface area (Å²) in [5, 5.41) is 0.182. The van der Waals surface area contributed by atoms with Crippen LogP contribution in [0.15, 0.2) is 11.6 Å². The fourth-order valence-corrected chi connectivity index (χ4v) is 6.16. The van der Waals surface area contributed by atoms with Crippen LogP contribution in [-0.2, 0) is 23.4 Å². The number of unbranched alkanes of at least 4 members (excludes halogenated alkanes) is 2. The smallest absolute Gasteiger partial charge is 0.311 e. The maximum absolute atomic E-state index is 12.6. The lowest BCUT2D eigenvalue weighted by molar-refractivity contribution is -0.340. The molecular weight excluding hydrogens is 456 g/mol. The van der Waals surface area contributed by atoms with Crippen LogP contribution in [0.3, 0.4) is 0 Å². The SMILES string of the molecule is CCCCC[C@H](C/C=C(\C)[C@H]1OC(C)(C)O[C@@H]([C@@H](C)C(=O)OCC)C1(C)C)O[Si](C)(C)C(C)(C)C. The highest BCUT2D eigenvalue weighted by Gasteiger charge is 2.52. The van der Waals surface area contributed by atoms with E-state index in [1.165, 1.54) is 24.8 Å². The van der Waals surface area contributed by atoms with Crippen LogP contribution in [0.1, 0.15) is 108 Å². The summed E-state index contributed by atoms with van der Waals surface area (Å²) in [7, 11) is -1.87. The summed E-state index contributed by atoms with van der Waals surface area (Å²) in [4.78, 5) is 12.6. The van der Waals surface area contributed by atoms with Gasteiger partial charge in [0.05, 0.1) is 24.7 Å². The van der Waals surface area contributed by atoms with Gasteiger partial charge in [-0.15, -0.1) is 0 Å². The molecule has 0 aromatic rings. The van der Waals surface area contributed by atoms with Gasteiger partial charge in [0, 0.05) is 11.5 Å². The Hall–Kier alpha value is -0.693. The van der Waals surface area contributed by atoms with Crippen molar-refractivity contribution in [1.29, 1.82) is 0 Å². The molecule has 0 amide bonds. The number of ether oxygens (including phenoxy) is 3. The topological polar surface area (TPSA) is 54.0 Å². The van der Waals surface area contributed by atoms with Crippen LogP contribution in [0.5, 0.6) is 0 Å². The molecule has 0 spiro atoms. The number of carbonyl (C=O) groups is 1. The molecule has 6 heteroatoms. The van der Waals surface area contributed by atoms with Gasteiger partial charge in [-0.05, 0) is 71.2 Å². The predicted octanol–water partition coefficient (Wildman–Crippen LogP) is 8.04. The maximum atomic E-state index is 12.6. The Balaban J connectivity index is 3.17. The Labute approximate surface area is 217 Å². The zero-order chi connectivity index (χ0) is 27.2. The maximum Gasteiger partial charge on any atom is 0.311 e. The number of hydrogen-bond acceptors (Lipinski definition) is 5. The van der Waals surface area contributed by atoms with E-state index >= 15 is 0 Å². The Kier molecular flexibility index (Phi) is 11.7. The van der Waals surface area contributed by atoms with Gasteiger partial charge >= 0.3 is 5.97 Å². The van der Waals surface area contributed by atoms with Gasteiger partial charge < -0.3 is 18.6 Å². The highest BCUT2D eigenvalue weighted by atomic mass is 28.4. The molecule has 1 saturated heterocycles. The molecule has 0 saturated carbocycles. The van der Waals surface area contributed by atoms with Crippen LogP contribution in [0, 0.1) is 11.3 Å². The second-order valence-electron chi connectivity index (χ2n) is 13.0. The average molecular weight is 513 g/mol. The quantitative estimate of drug-likeness (QED) is 0.115. The van der Waals surface area contributed by atoms with Crippen LogP contribution in [-0.4, -0.2) is 45.0 Å². The van der Waals surface area contributed by atoms with E-state index in [4.69, 9.17) is 18.6 Å². The minimum atomic E-state index is -1.87. The number of carbonyl (C=O) groups excluding carboxylic acids is 1. The van der Waals surface area contributed by atoms with E-state index < -0.39 is 19.5 Å². The van der Waals surface area contributed by atoms with E-state index in [1.807, 2.05) is 27.7 Å². The zero-order valence-electron chi connectivity index (χ0n) is 25.2. The Morgan fingerprint density at radius 1 is 1.09 bits per heavy atom. The number of hydrogen-bond donors (Lipinski definition) is 0. The lowest BCUT2D eigenvalue weighted by Crippen LogP contribution is -2.59. The summed E-state index contributed by atoms with van der Waals surface area (Å²) in [6, 6.07) is 0. The van der Waals surface area contributed by atoms with Crippen molar-refractivity contribution in [3.63, 3.8) is 0 Å². The van der Waals surface area contributed by atoms with Gasteiger partial charge in [-0.25, -0.2) is 0 Å². The van der Waals surface area contributed by atoms with Gasteiger partial charge in [0.2, 0.25) is 0 Å². The second-order valence-corrected chi connectivity index (χ2v) is 17.7. The van der Waals surface area contributed by atoms with Crippen LogP contribution in [0.4, 0.5) is 0 Å². The van der Waals surface area contributed by atoms with Gasteiger partial charge in [0.1, 0.15) is 0 Å². The summed E-state index contributed by atoms with van der Waals surface area (Å²) in [6.07, 6.45) is 7.62. The van der Waals surface area contributed by atoms with Crippen LogP contribution in [0.25, 0.3) is 0 Å². The summed E-state index contributed by atoms with van der Waals surface area (Å²) in [5.74, 6) is -1.40. The third kappa shape index (κ3) is 8.98. The Bertz CT molecular complexity index is 704. The van der Waals surface area contributed by atoms with E-state index in [0.29, 0.717) is 6.61 Å². The summed E-state index contributed by atoms with van der Waals surface area (Å²) in [5.41, 5.74) is 0.770. The van der Waals surface area contributed by atoms with Crippen molar-refractivity contribution in [2.24, 2.45) is 11.3 Å². The monoisotopic (exact) mass is 512 g/mol.